The Hall–Kier alpha value is -1.39. The fraction of sp³-hybridized carbons (Fsp3) is 0.417. The number of carbonyl (C=O) groups is 1. The third-order valence-electron chi connectivity index (χ3n) is 2.21. The average Bonchev–Trinajstić information content (AvgIpc) is 2.27. The lowest BCUT2D eigenvalue weighted by Gasteiger charge is -2.16. The van der Waals surface area contributed by atoms with Crippen molar-refractivity contribution in [3.63, 3.8) is 0 Å². The van der Waals surface area contributed by atoms with Gasteiger partial charge in [0.15, 0.2) is 6.10 Å². The Morgan fingerprint density at radius 2 is 2.12 bits per heavy atom. The highest BCUT2D eigenvalue weighted by molar-refractivity contribution is 5.75. The number of hydrogen-bond donors (Lipinski definition) is 2. The lowest BCUT2D eigenvalue weighted by molar-refractivity contribution is -0.159. The third-order valence-corrected chi connectivity index (χ3v) is 2.21. The molecule has 0 aromatic heterocycles. The van der Waals surface area contributed by atoms with Crippen molar-refractivity contribution in [2.45, 2.75) is 26.1 Å². The first-order valence-electron chi connectivity index (χ1n) is 5.15. The second kappa shape index (κ2) is 5.63. The summed E-state index contributed by atoms with van der Waals surface area (Å²) in [6, 6.07) is 6.99. The van der Waals surface area contributed by atoms with Crippen LogP contribution in [-0.4, -0.2) is 28.9 Å². The van der Waals surface area contributed by atoms with Gasteiger partial charge in [-0.2, -0.15) is 0 Å². The summed E-state index contributed by atoms with van der Waals surface area (Å²) < 4.78 is 4.63. The van der Waals surface area contributed by atoms with Crippen LogP contribution in [0.15, 0.2) is 24.3 Å². The molecule has 0 fully saturated rings. The van der Waals surface area contributed by atoms with Gasteiger partial charge in [-0.25, -0.2) is 4.79 Å². The molecule has 16 heavy (non-hydrogen) atoms. The van der Waals surface area contributed by atoms with Crippen LogP contribution in [-0.2, 0) is 9.53 Å². The van der Waals surface area contributed by atoms with E-state index >= 15 is 0 Å². The van der Waals surface area contributed by atoms with E-state index in [0.717, 1.165) is 5.56 Å². The zero-order valence-corrected chi connectivity index (χ0v) is 9.38. The number of benzene rings is 1. The number of aliphatic hydroxyl groups is 2. The van der Waals surface area contributed by atoms with Crippen LogP contribution in [0, 0.1) is 6.92 Å². The summed E-state index contributed by atoms with van der Waals surface area (Å²) in [7, 11) is 0. The van der Waals surface area contributed by atoms with Gasteiger partial charge in [0.2, 0.25) is 0 Å². The predicted octanol–water partition coefficient (Wildman–Crippen LogP) is 0.952. The lowest BCUT2D eigenvalue weighted by Crippen LogP contribution is -2.29. The Balaban J connectivity index is 2.77. The topological polar surface area (TPSA) is 66.8 Å². The summed E-state index contributed by atoms with van der Waals surface area (Å²) >= 11 is 0. The van der Waals surface area contributed by atoms with E-state index in [0.29, 0.717) is 5.56 Å². The van der Waals surface area contributed by atoms with E-state index in [-0.39, 0.29) is 6.61 Å². The monoisotopic (exact) mass is 224 g/mol. The molecule has 0 spiro atoms. The number of aryl methyl sites for hydroxylation is 1. The first-order valence-corrected chi connectivity index (χ1v) is 5.15. The van der Waals surface area contributed by atoms with Gasteiger partial charge in [0, 0.05) is 0 Å². The van der Waals surface area contributed by atoms with Crippen LogP contribution in [0.5, 0.6) is 0 Å². The highest BCUT2D eigenvalue weighted by Crippen LogP contribution is 2.18. The van der Waals surface area contributed by atoms with E-state index in [4.69, 9.17) is 0 Å². The van der Waals surface area contributed by atoms with Gasteiger partial charge in [0.25, 0.3) is 0 Å². The molecule has 0 aliphatic heterocycles. The largest absolute Gasteiger partial charge is 0.464 e. The van der Waals surface area contributed by atoms with Crippen molar-refractivity contribution in [1.29, 1.82) is 0 Å². The Morgan fingerprint density at radius 3 is 2.69 bits per heavy atom. The third kappa shape index (κ3) is 3.05. The van der Waals surface area contributed by atoms with Gasteiger partial charge in [-0.15, -0.1) is 0 Å². The molecule has 1 aromatic carbocycles. The maximum atomic E-state index is 11.2. The van der Waals surface area contributed by atoms with Gasteiger partial charge < -0.3 is 14.9 Å². The van der Waals surface area contributed by atoms with E-state index < -0.39 is 18.2 Å². The van der Waals surface area contributed by atoms with Crippen molar-refractivity contribution in [3.05, 3.63) is 35.4 Å². The van der Waals surface area contributed by atoms with Crippen LogP contribution >= 0.6 is 0 Å². The number of hydrogen-bond acceptors (Lipinski definition) is 4. The van der Waals surface area contributed by atoms with E-state index in [1.54, 1.807) is 25.1 Å². The number of carbonyl (C=O) groups excluding carboxylic acids is 1. The molecule has 1 aromatic rings. The summed E-state index contributed by atoms with van der Waals surface area (Å²) in [5.41, 5.74) is 1.45. The van der Waals surface area contributed by atoms with Crippen molar-refractivity contribution < 1.29 is 19.7 Å². The SMILES string of the molecule is CCOC(=O)C(O)C(O)c1cccc(C)c1. The molecule has 2 atom stereocenters. The van der Waals surface area contributed by atoms with E-state index in [1.165, 1.54) is 0 Å². The number of aliphatic hydroxyl groups excluding tert-OH is 2. The molecule has 0 aliphatic carbocycles. The minimum atomic E-state index is -1.54. The van der Waals surface area contributed by atoms with Crippen LogP contribution in [0.1, 0.15) is 24.2 Å². The van der Waals surface area contributed by atoms with Crippen LogP contribution in [0.4, 0.5) is 0 Å². The minimum absolute atomic E-state index is 0.177. The number of esters is 1. The molecule has 0 aliphatic rings. The van der Waals surface area contributed by atoms with Crippen molar-refractivity contribution in [1.82, 2.24) is 0 Å². The molecule has 2 N–H and O–H groups in total. The van der Waals surface area contributed by atoms with Crippen molar-refractivity contribution in [2.24, 2.45) is 0 Å². The number of ether oxygens (including phenoxy) is 1. The standard InChI is InChI=1S/C12H16O4/c1-3-16-12(15)11(14)10(13)9-6-4-5-8(2)7-9/h4-7,10-11,13-14H,3H2,1-2H3. The molecule has 0 saturated carbocycles. The normalized spacial score (nSPS) is 14.2. The summed E-state index contributed by atoms with van der Waals surface area (Å²) in [6.45, 7) is 3.69. The Bertz CT molecular complexity index is 362. The zero-order chi connectivity index (χ0) is 12.1. The van der Waals surface area contributed by atoms with Crippen molar-refractivity contribution in [3.8, 4) is 0 Å². The Labute approximate surface area is 94.5 Å². The molecule has 0 amide bonds. The molecular weight excluding hydrogens is 208 g/mol. The van der Waals surface area contributed by atoms with Crippen LogP contribution in [0.25, 0.3) is 0 Å². The second-order valence-corrected chi connectivity index (χ2v) is 3.56. The lowest BCUT2D eigenvalue weighted by atomic mass is 10.0. The van der Waals surface area contributed by atoms with Gasteiger partial charge >= 0.3 is 5.97 Å². The Morgan fingerprint density at radius 1 is 1.44 bits per heavy atom. The van der Waals surface area contributed by atoms with Gasteiger partial charge in [0.05, 0.1) is 6.61 Å². The second-order valence-electron chi connectivity index (χ2n) is 3.56. The molecule has 4 nitrogen and oxygen atoms in total. The van der Waals surface area contributed by atoms with Gasteiger partial charge in [-0.05, 0) is 19.4 Å². The highest BCUT2D eigenvalue weighted by Gasteiger charge is 2.26. The summed E-state index contributed by atoms with van der Waals surface area (Å²) in [6.07, 6.45) is -2.79. The first-order chi connectivity index (χ1) is 7.56. The molecule has 0 bridgehead atoms. The van der Waals surface area contributed by atoms with E-state index in [1.807, 2.05) is 13.0 Å². The van der Waals surface area contributed by atoms with Crippen LogP contribution in [0.2, 0.25) is 0 Å². The maximum Gasteiger partial charge on any atom is 0.338 e. The zero-order valence-electron chi connectivity index (χ0n) is 9.38. The molecule has 2 unspecified atom stereocenters. The molecule has 0 radical (unpaired) electrons. The fourth-order valence-electron chi connectivity index (χ4n) is 1.39. The summed E-state index contributed by atoms with van der Waals surface area (Å²) in [5.74, 6) is -0.809. The van der Waals surface area contributed by atoms with Gasteiger partial charge in [-0.3, -0.25) is 0 Å². The molecule has 0 saturated heterocycles. The smallest absolute Gasteiger partial charge is 0.338 e. The van der Waals surface area contributed by atoms with Crippen molar-refractivity contribution in [2.75, 3.05) is 6.61 Å². The molecular formula is C12H16O4. The quantitative estimate of drug-likeness (QED) is 0.747. The minimum Gasteiger partial charge on any atom is -0.464 e. The molecule has 0 heterocycles. The molecule has 88 valence electrons. The highest BCUT2D eigenvalue weighted by atomic mass is 16.5. The van der Waals surface area contributed by atoms with Gasteiger partial charge in [-0.1, -0.05) is 29.8 Å². The molecule has 4 heteroatoms. The van der Waals surface area contributed by atoms with Crippen molar-refractivity contribution >= 4 is 5.97 Å². The summed E-state index contributed by atoms with van der Waals surface area (Å²) in [4.78, 5) is 11.2. The average molecular weight is 224 g/mol. The van der Waals surface area contributed by atoms with Crippen LogP contribution in [0.3, 0.4) is 0 Å². The first kappa shape index (κ1) is 12.7. The van der Waals surface area contributed by atoms with E-state index in [9.17, 15) is 15.0 Å². The number of rotatable bonds is 4. The maximum absolute atomic E-state index is 11.2. The van der Waals surface area contributed by atoms with E-state index in [2.05, 4.69) is 4.74 Å². The predicted molar refractivity (Wildman–Crippen MR) is 58.8 cm³/mol. The fourth-order valence-corrected chi connectivity index (χ4v) is 1.39. The van der Waals surface area contributed by atoms with Crippen LogP contribution < -0.4 is 0 Å². The summed E-state index contributed by atoms with van der Waals surface area (Å²) in [5, 5.41) is 19.3. The Kier molecular flexibility index (Phi) is 4.46. The molecule has 1 rings (SSSR count). The van der Waals surface area contributed by atoms with Gasteiger partial charge in [0.1, 0.15) is 6.10 Å².